The molecule has 1 aromatic rings. The second kappa shape index (κ2) is 9.27. The zero-order valence-electron chi connectivity index (χ0n) is 12.6. The standard InChI is InChI=1S/C16H27NOS/c1-13(2)18-16-10-6-5-9-15(16)14(3)17-11-7-8-12-19-4/h5-6,9-10,13-14,17H,7-8,11-12H2,1-4H3. The third-order valence-electron chi connectivity index (χ3n) is 2.97. The van der Waals surface area contributed by atoms with Crippen LogP contribution >= 0.6 is 11.8 Å². The number of hydrogen-bond acceptors (Lipinski definition) is 3. The number of nitrogens with one attached hydrogen (secondary N) is 1. The Bertz CT molecular complexity index is 354. The van der Waals surface area contributed by atoms with Crippen molar-refractivity contribution in [2.45, 2.75) is 45.8 Å². The van der Waals surface area contributed by atoms with Crippen molar-refractivity contribution >= 4 is 11.8 Å². The van der Waals surface area contributed by atoms with Gasteiger partial charge in [-0.3, -0.25) is 0 Å². The zero-order chi connectivity index (χ0) is 14.1. The highest BCUT2D eigenvalue weighted by molar-refractivity contribution is 7.98. The van der Waals surface area contributed by atoms with Crippen LogP contribution < -0.4 is 10.1 Å². The summed E-state index contributed by atoms with van der Waals surface area (Å²) in [6.07, 6.45) is 4.90. The minimum absolute atomic E-state index is 0.218. The van der Waals surface area contributed by atoms with Gasteiger partial charge in [0.1, 0.15) is 5.75 Å². The first-order valence-electron chi connectivity index (χ1n) is 7.13. The molecule has 0 saturated heterocycles. The SMILES string of the molecule is CSCCCCNC(C)c1ccccc1OC(C)C. The fourth-order valence-corrected chi connectivity index (χ4v) is 2.49. The highest BCUT2D eigenvalue weighted by atomic mass is 32.2. The zero-order valence-corrected chi connectivity index (χ0v) is 13.4. The third-order valence-corrected chi connectivity index (χ3v) is 3.67. The van der Waals surface area contributed by atoms with Crippen molar-refractivity contribution in [1.82, 2.24) is 5.32 Å². The van der Waals surface area contributed by atoms with Gasteiger partial charge in [0.15, 0.2) is 0 Å². The first-order valence-corrected chi connectivity index (χ1v) is 8.52. The summed E-state index contributed by atoms with van der Waals surface area (Å²) in [4.78, 5) is 0. The van der Waals surface area contributed by atoms with Gasteiger partial charge in [0, 0.05) is 11.6 Å². The van der Waals surface area contributed by atoms with Crippen molar-refractivity contribution in [3.8, 4) is 5.75 Å². The van der Waals surface area contributed by atoms with Crippen molar-refractivity contribution in [2.24, 2.45) is 0 Å². The molecule has 108 valence electrons. The smallest absolute Gasteiger partial charge is 0.124 e. The Balaban J connectivity index is 2.48. The molecule has 0 aromatic heterocycles. The van der Waals surface area contributed by atoms with E-state index in [4.69, 9.17) is 4.74 Å². The molecule has 0 fully saturated rings. The predicted molar refractivity (Wildman–Crippen MR) is 86.2 cm³/mol. The van der Waals surface area contributed by atoms with Gasteiger partial charge in [0.2, 0.25) is 0 Å². The molecular formula is C16H27NOS. The lowest BCUT2D eigenvalue weighted by Crippen LogP contribution is -2.21. The highest BCUT2D eigenvalue weighted by Gasteiger charge is 2.11. The predicted octanol–water partition coefficient (Wildman–Crippen LogP) is 4.27. The normalized spacial score (nSPS) is 12.7. The van der Waals surface area contributed by atoms with E-state index in [9.17, 15) is 0 Å². The lowest BCUT2D eigenvalue weighted by molar-refractivity contribution is 0.238. The summed E-state index contributed by atoms with van der Waals surface area (Å²) in [7, 11) is 0. The van der Waals surface area contributed by atoms with Crippen LogP contribution in [0.2, 0.25) is 0 Å². The van der Waals surface area contributed by atoms with Crippen LogP contribution in [0.25, 0.3) is 0 Å². The molecule has 0 aliphatic heterocycles. The molecule has 0 amide bonds. The largest absolute Gasteiger partial charge is 0.491 e. The van der Waals surface area contributed by atoms with Crippen LogP contribution in [0.3, 0.4) is 0 Å². The van der Waals surface area contributed by atoms with Gasteiger partial charge in [-0.1, -0.05) is 18.2 Å². The monoisotopic (exact) mass is 281 g/mol. The minimum Gasteiger partial charge on any atom is -0.491 e. The molecule has 0 radical (unpaired) electrons. The van der Waals surface area contributed by atoms with Crippen molar-refractivity contribution < 1.29 is 4.74 Å². The van der Waals surface area contributed by atoms with Crippen LogP contribution in [0, 0.1) is 0 Å². The Morgan fingerprint density at radius 2 is 1.89 bits per heavy atom. The van der Waals surface area contributed by atoms with Crippen molar-refractivity contribution in [1.29, 1.82) is 0 Å². The number of hydrogen-bond donors (Lipinski definition) is 1. The summed E-state index contributed by atoms with van der Waals surface area (Å²) in [5.74, 6) is 2.25. The van der Waals surface area contributed by atoms with Crippen LogP contribution in [-0.4, -0.2) is 24.7 Å². The van der Waals surface area contributed by atoms with Gasteiger partial charge >= 0.3 is 0 Å². The lowest BCUT2D eigenvalue weighted by Gasteiger charge is -2.19. The fourth-order valence-electron chi connectivity index (χ4n) is 2.00. The Morgan fingerprint density at radius 1 is 1.16 bits per heavy atom. The van der Waals surface area contributed by atoms with Gasteiger partial charge in [0.05, 0.1) is 6.10 Å². The Hall–Kier alpha value is -0.670. The van der Waals surface area contributed by atoms with Gasteiger partial charge in [-0.25, -0.2) is 0 Å². The number of para-hydroxylation sites is 1. The van der Waals surface area contributed by atoms with E-state index >= 15 is 0 Å². The molecule has 1 aromatic carbocycles. The summed E-state index contributed by atoms with van der Waals surface area (Å²) in [5, 5.41) is 3.58. The maximum absolute atomic E-state index is 5.87. The van der Waals surface area contributed by atoms with E-state index in [0.29, 0.717) is 6.04 Å². The Labute approximate surface area is 122 Å². The third kappa shape index (κ3) is 6.35. The Kier molecular flexibility index (Phi) is 7.99. The average molecular weight is 281 g/mol. The van der Waals surface area contributed by atoms with E-state index in [1.54, 1.807) is 0 Å². The molecule has 0 heterocycles. The van der Waals surface area contributed by atoms with E-state index in [1.165, 1.54) is 24.2 Å². The molecule has 0 aliphatic rings. The molecule has 0 spiro atoms. The molecule has 0 bridgehead atoms. The second-order valence-corrected chi connectivity index (χ2v) is 6.07. The van der Waals surface area contributed by atoms with Crippen molar-refractivity contribution in [3.05, 3.63) is 29.8 Å². The van der Waals surface area contributed by atoms with Gasteiger partial charge in [0.25, 0.3) is 0 Å². The van der Waals surface area contributed by atoms with Crippen LogP contribution in [0.1, 0.15) is 45.2 Å². The van der Waals surface area contributed by atoms with Crippen molar-refractivity contribution in [3.63, 3.8) is 0 Å². The van der Waals surface area contributed by atoms with Gasteiger partial charge in [-0.2, -0.15) is 11.8 Å². The molecule has 1 rings (SSSR count). The molecule has 0 aliphatic carbocycles. The molecule has 2 nitrogen and oxygen atoms in total. The molecule has 1 N–H and O–H groups in total. The molecule has 1 atom stereocenters. The quantitative estimate of drug-likeness (QED) is 0.683. The summed E-state index contributed by atoms with van der Waals surface area (Å²) >= 11 is 1.92. The van der Waals surface area contributed by atoms with E-state index in [0.717, 1.165) is 12.3 Å². The molecule has 3 heteroatoms. The number of thioether (sulfide) groups is 1. The summed E-state index contributed by atoms with van der Waals surface area (Å²) < 4.78 is 5.87. The Morgan fingerprint density at radius 3 is 2.58 bits per heavy atom. The summed E-state index contributed by atoms with van der Waals surface area (Å²) in [6.45, 7) is 7.41. The highest BCUT2D eigenvalue weighted by Crippen LogP contribution is 2.25. The van der Waals surface area contributed by atoms with Gasteiger partial charge in [-0.05, 0) is 58.2 Å². The maximum atomic E-state index is 5.87. The minimum atomic E-state index is 0.218. The second-order valence-electron chi connectivity index (χ2n) is 5.08. The first kappa shape index (κ1) is 16.4. The van der Waals surface area contributed by atoms with Crippen LogP contribution in [-0.2, 0) is 0 Å². The van der Waals surface area contributed by atoms with Crippen molar-refractivity contribution in [2.75, 3.05) is 18.6 Å². The average Bonchev–Trinajstić information content (AvgIpc) is 2.38. The number of benzene rings is 1. The van der Waals surface area contributed by atoms with Crippen LogP contribution in [0.15, 0.2) is 24.3 Å². The van der Waals surface area contributed by atoms with Crippen LogP contribution in [0.4, 0.5) is 0 Å². The number of unbranched alkanes of at least 4 members (excludes halogenated alkanes) is 1. The summed E-state index contributed by atoms with van der Waals surface area (Å²) in [6, 6.07) is 8.66. The van der Waals surface area contributed by atoms with Gasteiger partial charge in [-0.15, -0.1) is 0 Å². The topological polar surface area (TPSA) is 21.3 Å². The van der Waals surface area contributed by atoms with E-state index < -0.39 is 0 Å². The first-order chi connectivity index (χ1) is 9.15. The van der Waals surface area contributed by atoms with Gasteiger partial charge < -0.3 is 10.1 Å². The van der Waals surface area contributed by atoms with E-state index in [1.807, 2.05) is 17.8 Å². The van der Waals surface area contributed by atoms with Crippen LogP contribution in [0.5, 0.6) is 5.75 Å². The van der Waals surface area contributed by atoms with E-state index in [-0.39, 0.29) is 6.10 Å². The fraction of sp³-hybridized carbons (Fsp3) is 0.625. The lowest BCUT2D eigenvalue weighted by atomic mass is 10.1. The molecular weight excluding hydrogens is 254 g/mol. The van der Waals surface area contributed by atoms with E-state index in [2.05, 4.69) is 50.5 Å². The molecule has 19 heavy (non-hydrogen) atoms. The maximum Gasteiger partial charge on any atom is 0.124 e. The number of rotatable bonds is 9. The number of ether oxygens (including phenoxy) is 1. The summed E-state index contributed by atoms with van der Waals surface area (Å²) in [5.41, 5.74) is 1.25. The molecule has 1 unspecified atom stereocenters. The molecule has 0 saturated carbocycles.